The van der Waals surface area contributed by atoms with E-state index in [9.17, 15) is 9.18 Å². The number of rotatable bonds is 7. The van der Waals surface area contributed by atoms with E-state index in [0.29, 0.717) is 30.5 Å². The number of aliphatic imine (C=N–C) groups is 1. The fourth-order valence-electron chi connectivity index (χ4n) is 1.80. The van der Waals surface area contributed by atoms with Crippen LogP contribution >= 0.6 is 0 Å². The van der Waals surface area contributed by atoms with Crippen molar-refractivity contribution >= 4 is 11.9 Å². The Kier molecular flexibility index (Phi) is 7.96. The minimum Gasteiger partial charge on any atom is -0.356 e. The van der Waals surface area contributed by atoms with E-state index in [1.165, 1.54) is 12.1 Å². The summed E-state index contributed by atoms with van der Waals surface area (Å²) in [6.07, 6.45) is 0.179. The number of amides is 1. The van der Waals surface area contributed by atoms with Gasteiger partial charge < -0.3 is 16.0 Å². The largest absolute Gasteiger partial charge is 0.356 e. The normalized spacial score (nSPS) is 11.4. The number of halogens is 1. The van der Waals surface area contributed by atoms with Gasteiger partial charge in [-0.1, -0.05) is 26.0 Å². The van der Waals surface area contributed by atoms with Crippen LogP contribution in [0.5, 0.6) is 0 Å². The number of guanidine groups is 1. The fraction of sp³-hybridized carbons (Fsp3) is 0.500. The third-order valence-corrected chi connectivity index (χ3v) is 2.89. The molecule has 1 amide bonds. The second-order valence-electron chi connectivity index (χ2n) is 5.43. The Morgan fingerprint density at radius 3 is 2.59 bits per heavy atom. The van der Waals surface area contributed by atoms with Crippen molar-refractivity contribution in [2.45, 2.75) is 20.3 Å². The summed E-state index contributed by atoms with van der Waals surface area (Å²) in [6.45, 7) is 6.13. The Bertz CT molecular complexity index is 503. The van der Waals surface area contributed by atoms with E-state index in [0.717, 1.165) is 6.54 Å². The molecular weight excluding hydrogens is 283 g/mol. The number of nitrogens with one attached hydrogen (secondary N) is 3. The zero-order valence-electron chi connectivity index (χ0n) is 13.4. The van der Waals surface area contributed by atoms with Crippen molar-refractivity contribution in [2.75, 3.05) is 26.7 Å². The van der Waals surface area contributed by atoms with Crippen molar-refractivity contribution in [3.8, 4) is 0 Å². The molecule has 1 rings (SSSR count). The summed E-state index contributed by atoms with van der Waals surface area (Å²) in [6, 6.07) is 6.07. The van der Waals surface area contributed by atoms with Crippen LogP contribution in [-0.4, -0.2) is 38.5 Å². The van der Waals surface area contributed by atoms with Crippen LogP contribution in [-0.2, 0) is 11.2 Å². The second kappa shape index (κ2) is 9.76. The maximum atomic E-state index is 13.0. The van der Waals surface area contributed by atoms with Crippen LogP contribution in [0.15, 0.2) is 29.3 Å². The quantitative estimate of drug-likeness (QED) is 0.404. The predicted molar refractivity (Wildman–Crippen MR) is 87.3 cm³/mol. The lowest BCUT2D eigenvalue weighted by Gasteiger charge is -2.13. The van der Waals surface area contributed by atoms with Crippen molar-refractivity contribution < 1.29 is 9.18 Å². The van der Waals surface area contributed by atoms with E-state index >= 15 is 0 Å². The van der Waals surface area contributed by atoms with Crippen molar-refractivity contribution in [1.82, 2.24) is 16.0 Å². The van der Waals surface area contributed by atoms with Crippen LogP contribution in [0, 0.1) is 11.7 Å². The lowest BCUT2D eigenvalue weighted by molar-refractivity contribution is -0.120. The molecule has 0 spiro atoms. The van der Waals surface area contributed by atoms with Gasteiger partial charge in [-0.15, -0.1) is 0 Å². The zero-order valence-corrected chi connectivity index (χ0v) is 13.4. The van der Waals surface area contributed by atoms with Crippen LogP contribution < -0.4 is 16.0 Å². The number of nitrogens with zero attached hydrogens (tertiary/aromatic N) is 1. The van der Waals surface area contributed by atoms with Gasteiger partial charge in [0.25, 0.3) is 0 Å². The maximum Gasteiger partial charge on any atom is 0.224 e. The molecule has 3 N–H and O–H groups in total. The average Bonchev–Trinajstić information content (AvgIpc) is 2.46. The lowest BCUT2D eigenvalue weighted by Crippen LogP contribution is -2.42. The average molecular weight is 308 g/mol. The van der Waals surface area contributed by atoms with Crippen LogP contribution in [0.25, 0.3) is 0 Å². The van der Waals surface area contributed by atoms with E-state index in [1.54, 1.807) is 19.2 Å². The summed E-state index contributed by atoms with van der Waals surface area (Å²) in [7, 11) is 1.71. The highest BCUT2D eigenvalue weighted by Crippen LogP contribution is 2.03. The summed E-state index contributed by atoms with van der Waals surface area (Å²) in [5.41, 5.74) is 0.667. The van der Waals surface area contributed by atoms with Gasteiger partial charge in [-0.2, -0.15) is 0 Å². The highest BCUT2D eigenvalue weighted by molar-refractivity contribution is 5.80. The van der Waals surface area contributed by atoms with Gasteiger partial charge in [-0.3, -0.25) is 9.79 Å². The first-order valence-electron chi connectivity index (χ1n) is 7.47. The molecular formula is C16H25FN4O. The fourth-order valence-corrected chi connectivity index (χ4v) is 1.80. The first-order chi connectivity index (χ1) is 10.5. The van der Waals surface area contributed by atoms with Gasteiger partial charge in [-0.05, 0) is 23.6 Å². The molecule has 0 unspecified atom stereocenters. The Morgan fingerprint density at radius 2 is 1.95 bits per heavy atom. The molecule has 0 aliphatic carbocycles. The zero-order chi connectivity index (χ0) is 16.4. The molecule has 0 radical (unpaired) electrons. The van der Waals surface area contributed by atoms with Crippen molar-refractivity contribution in [2.24, 2.45) is 10.9 Å². The van der Waals surface area contributed by atoms with E-state index in [-0.39, 0.29) is 18.1 Å². The first kappa shape index (κ1) is 17.9. The van der Waals surface area contributed by atoms with E-state index in [2.05, 4.69) is 34.8 Å². The van der Waals surface area contributed by atoms with Crippen LogP contribution in [0.2, 0.25) is 0 Å². The topological polar surface area (TPSA) is 65.5 Å². The highest BCUT2D eigenvalue weighted by Gasteiger charge is 2.04. The maximum absolute atomic E-state index is 13.0. The number of carbonyl (C=O) groups is 1. The molecule has 1 aromatic rings. The van der Waals surface area contributed by atoms with E-state index < -0.39 is 0 Å². The third kappa shape index (κ3) is 7.61. The summed E-state index contributed by atoms with van der Waals surface area (Å²) < 4.78 is 13.0. The highest BCUT2D eigenvalue weighted by atomic mass is 19.1. The number of benzene rings is 1. The summed E-state index contributed by atoms with van der Waals surface area (Å²) in [4.78, 5) is 15.8. The molecule has 0 aromatic heterocycles. The SMILES string of the molecule is CN=C(NCCNC(=O)Cc1cccc(F)c1)NCC(C)C. The Hall–Kier alpha value is -2.11. The molecule has 0 bridgehead atoms. The Labute approximate surface area is 131 Å². The lowest BCUT2D eigenvalue weighted by atomic mass is 10.1. The summed E-state index contributed by atoms with van der Waals surface area (Å²) in [5, 5.41) is 9.09. The minimum atomic E-state index is -0.327. The van der Waals surface area contributed by atoms with Gasteiger partial charge in [0.1, 0.15) is 5.82 Å². The van der Waals surface area contributed by atoms with Gasteiger partial charge in [0, 0.05) is 26.7 Å². The van der Waals surface area contributed by atoms with E-state index in [4.69, 9.17) is 0 Å². The third-order valence-electron chi connectivity index (χ3n) is 2.89. The number of carbonyl (C=O) groups excluding carboxylic acids is 1. The molecule has 122 valence electrons. The van der Waals surface area contributed by atoms with Crippen molar-refractivity contribution in [1.29, 1.82) is 0 Å². The van der Waals surface area contributed by atoms with Gasteiger partial charge in [0.15, 0.2) is 5.96 Å². The second-order valence-corrected chi connectivity index (χ2v) is 5.43. The number of hydrogen-bond acceptors (Lipinski definition) is 2. The van der Waals surface area contributed by atoms with Crippen molar-refractivity contribution in [3.63, 3.8) is 0 Å². The molecule has 0 heterocycles. The van der Waals surface area contributed by atoms with Gasteiger partial charge in [0.05, 0.1) is 6.42 Å². The molecule has 6 heteroatoms. The van der Waals surface area contributed by atoms with Crippen LogP contribution in [0.1, 0.15) is 19.4 Å². The van der Waals surface area contributed by atoms with Crippen LogP contribution in [0.4, 0.5) is 4.39 Å². The molecule has 0 saturated heterocycles. The molecule has 0 aliphatic rings. The van der Waals surface area contributed by atoms with Gasteiger partial charge in [-0.25, -0.2) is 4.39 Å². The predicted octanol–water partition coefficient (Wildman–Crippen LogP) is 1.31. The molecule has 22 heavy (non-hydrogen) atoms. The summed E-state index contributed by atoms with van der Waals surface area (Å²) in [5.74, 6) is 0.794. The number of hydrogen-bond donors (Lipinski definition) is 3. The molecule has 5 nitrogen and oxygen atoms in total. The first-order valence-corrected chi connectivity index (χ1v) is 7.47. The van der Waals surface area contributed by atoms with Crippen molar-refractivity contribution in [3.05, 3.63) is 35.6 Å². The van der Waals surface area contributed by atoms with Gasteiger partial charge in [0.2, 0.25) is 5.91 Å². The molecule has 0 aliphatic heterocycles. The van der Waals surface area contributed by atoms with Gasteiger partial charge >= 0.3 is 0 Å². The molecule has 0 fully saturated rings. The standard InChI is InChI=1S/C16H25FN4O/c1-12(2)11-21-16(18-3)20-8-7-19-15(22)10-13-5-4-6-14(17)9-13/h4-6,9,12H,7-8,10-11H2,1-3H3,(H,19,22)(H2,18,20,21). The molecule has 0 saturated carbocycles. The Balaban J connectivity index is 2.22. The molecule has 1 aromatic carbocycles. The van der Waals surface area contributed by atoms with Crippen LogP contribution in [0.3, 0.4) is 0 Å². The summed E-state index contributed by atoms with van der Waals surface area (Å²) >= 11 is 0. The smallest absolute Gasteiger partial charge is 0.224 e. The minimum absolute atomic E-state index is 0.127. The monoisotopic (exact) mass is 308 g/mol. The van der Waals surface area contributed by atoms with E-state index in [1.807, 2.05) is 0 Å². The Morgan fingerprint density at radius 1 is 1.23 bits per heavy atom. The molecule has 0 atom stereocenters.